The van der Waals surface area contributed by atoms with Crippen molar-refractivity contribution in [2.75, 3.05) is 13.2 Å². The molecule has 0 aliphatic carbocycles. The highest BCUT2D eigenvalue weighted by Gasteiger charge is 2.19. The van der Waals surface area contributed by atoms with Crippen molar-refractivity contribution in [2.45, 2.75) is 187 Å². The highest BCUT2D eigenvalue weighted by atomic mass is 16.6. The fourth-order valence-corrected chi connectivity index (χ4v) is 5.77. The highest BCUT2D eigenvalue weighted by molar-refractivity contribution is 5.71. The number of carbonyl (C=O) groups is 3. The van der Waals surface area contributed by atoms with Gasteiger partial charge in [0, 0.05) is 19.3 Å². The summed E-state index contributed by atoms with van der Waals surface area (Å²) in [4.78, 5) is 37.8. The molecule has 60 heavy (non-hydrogen) atoms. The standard InChI is InChI=1S/C54H84O6/c1-4-7-10-13-16-19-22-24-26-28-29-32-35-38-41-44-47-53(56)59-50-51(49-58-52(55)46-43-40-37-34-31-21-18-15-12-9-6-3)60-54(57)48-45-42-39-36-33-30-27-25-23-20-17-14-11-8-5-2/h7-8,10-11,14-21,23-27,29,31-32,51H,4-6,9,12-13,22,28,30,33-50H2,1-3H3/b10-7-,11-8-,17-14-,18-15-,19-16-,23-20-,26-24-,27-25-,31-21-,32-29-. The Bertz CT molecular complexity index is 1320. The first-order chi connectivity index (χ1) is 29.5. The molecule has 0 saturated heterocycles. The van der Waals surface area contributed by atoms with E-state index in [1.165, 1.54) is 12.8 Å². The smallest absolute Gasteiger partial charge is 0.306 e. The summed E-state index contributed by atoms with van der Waals surface area (Å²) in [5.74, 6) is -1.01. The van der Waals surface area contributed by atoms with E-state index in [-0.39, 0.29) is 37.5 Å². The Kier molecular flexibility index (Phi) is 44.2. The summed E-state index contributed by atoms with van der Waals surface area (Å²) in [6.45, 7) is 6.23. The van der Waals surface area contributed by atoms with Crippen molar-refractivity contribution in [3.63, 3.8) is 0 Å². The summed E-state index contributed by atoms with van der Waals surface area (Å²) in [6, 6.07) is 0. The lowest BCUT2D eigenvalue weighted by Crippen LogP contribution is -2.30. The minimum Gasteiger partial charge on any atom is -0.462 e. The highest BCUT2D eigenvalue weighted by Crippen LogP contribution is 2.12. The number of carbonyl (C=O) groups excluding carboxylic acids is 3. The normalized spacial score (nSPS) is 13.2. The summed E-state index contributed by atoms with van der Waals surface area (Å²) in [5.41, 5.74) is 0. The molecular formula is C54H84O6. The van der Waals surface area contributed by atoms with Crippen molar-refractivity contribution in [1.29, 1.82) is 0 Å². The third kappa shape index (κ3) is 44.9. The predicted molar refractivity (Wildman–Crippen MR) is 256 cm³/mol. The molecule has 0 rings (SSSR count). The topological polar surface area (TPSA) is 78.9 Å². The van der Waals surface area contributed by atoms with Gasteiger partial charge in [-0.25, -0.2) is 0 Å². The fraction of sp³-hybridized carbons (Fsp3) is 0.574. The molecule has 0 bridgehead atoms. The summed E-state index contributed by atoms with van der Waals surface area (Å²) in [5, 5.41) is 0. The number of rotatable bonds is 40. The van der Waals surface area contributed by atoms with E-state index >= 15 is 0 Å². The van der Waals surface area contributed by atoms with Gasteiger partial charge in [0.1, 0.15) is 13.2 Å². The number of unbranched alkanes of at least 4 members (excludes halogenated alkanes) is 13. The van der Waals surface area contributed by atoms with E-state index in [9.17, 15) is 14.4 Å². The monoisotopic (exact) mass is 829 g/mol. The van der Waals surface area contributed by atoms with E-state index in [4.69, 9.17) is 14.2 Å². The molecule has 6 nitrogen and oxygen atoms in total. The second-order valence-electron chi connectivity index (χ2n) is 15.0. The molecule has 0 aliphatic heterocycles. The van der Waals surface area contributed by atoms with Crippen LogP contribution >= 0.6 is 0 Å². The molecule has 0 fully saturated rings. The first kappa shape index (κ1) is 55.8. The van der Waals surface area contributed by atoms with Gasteiger partial charge in [0.2, 0.25) is 0 Å². The van der Waals surface area contributed by atoms with Gasteiger partial charge in [-0.05, 0) is 96.3 Å². The van der Waals surface area contributed by atoms with E-state index in [0.29, 0.717) is 12.8 Å². The molecule has 0 amide bonds. The molecule has 0 radical (unpaired) electrons. The van der Waals surface area contributed by atoms with Crippen LogP contribution in [-0.2, 0) is 28.6 Å². The molecule has 0 spiro atoms. The van der Waals surface area contributed by atoms with Gasteiger partial charge in [-0.15, -0.1) is 0 Å². The Morgan fingerprint density at radius 2 is 0.733 bits per heavy atom. The molecule has 0 saturated carbocycles. The first-order valence-electron chi connectivity index (χ1n) is 23.6. The van der Waals surface area contributed by atoms with Crippen LogP contribution in [0, 0.1) is 0 Å². The van der Waals surface area contributed by atoms with E-state index in [0.717, 1.165) is 128 Å². The lowest BCUT2D eigenvalue weighted by atomic mass is 10.1. The largest absolute Gasteiger partial charge is 0.462 e. The van der Waals surface area contributed by atoms with Crippen LogP contribution in [0.15, 0.2) is 122 Å². The summed E-state index contributed by atoms with van der Waals surface area (Å²) in [6.07, 6.45) is 64.6. The number of ether oxygens (including phenoxy) is 3. The maximum atomic E-state index is 12.7. The first-order valence-corrected chi connectivity index (χ1v) is 23.6. The summed E-state index contributed by atoms with van der Waals surface area (Å²) >= 11 is 0. The molecule has 6 heteroatoms. The lowest BCUT2D eigenvalue weighted by Gasteiger charge is -2.18. The molecule has 1 atom stereocenters. The van der Waals surface area contributed by atoms with Crippen LogP contribution in [0.4, 0.5) is 0 Å². The van der Waals surface area contributed by atoms with Crippen molar-refractivity contribution in [3.8, 4) is 0 Å². The third-order valence-electron chi connectivity index (χ3n) is 9.30. The van der Waals surface area contributed by atoms with E-state index in [2.05, 4.69) is 118 Å². The molecule has 1 unspecified atom stereocenters. The molecule has 0 aromatic carbocycles. The van der Waals surface area contributed by atoms with Crippen LogP contribution in [0.1, 0.15) is 181 Å². The van der Waals surface area contributed by atoms with Crippen LogP contribution < -0.4 is 0 Å². The van der Waals surface area contributed by atoms with E-state index < -0.39 is 6.10 Å². The molecule has 0 aromatic rings. The van der Waals surface area contributed by atoms with Gasteiger partial charge in [0.15, 0.2) is 6.10 Å². The molecule has 0 heterocycles. The Balaban J connectivity index is 4.54. The Morgan fingerprint density at radius 3 is 1.25 bits per heavy atom. The average molecular weight is 829 g/mol. The summed E-state index contributed by atoms with van der Waals surface area (Å²) < 4.78 is 16.7. The SMILES string of the molecule is CC\C=C/C=C\C=C/C=C\CCCCCCCC(=O)OC(COC(=O)CCCCC/C=C\C=C/CCCC)COC(=O)CCCCC/C=C\C/C=C\C/C=C\C/C=C\CC. The Hall–Kier alpha value is -4.19. The molecule has 0 aromatic heterocycles. The quantitative estimate of drug-likeness (QED) is 0.0201. The Morgan fingerprint density at radius 1 is 0.367 bits per heavy atom. The van der Waals surface area contributed by atoms with Gasteiger partial charge < -0.3 is 14.2 Å². The lowest BCUT2D eigenvalue weighted by molar-refractivity contribution is -0.167. The van der Waals surface area contributed by atoms with E-state index in [1.54, 1.807) is 0 Å². The fourth-order valence-electron chi connectivity index (χ4n) is 5.77. The van der Waals surface area contributed by atoms with Crippen LogP contribution in [-0.4, -0.2) is 37.2 Å². The second kappa shape index (κ2) is 47.5. The van der Waals surface area contributed by atoms with Gasteiger partial charge in [0.05, 0.1) is 0 Å². The predicted octanol–water partition coefficient (Wildman–Crippen LogP) is 15.4. The minimum atomic E-state index is -0.816. The average Bonchev–Trinajstić information content (AvgIpc) is 3.24. The van der Waals surface area contributed by atoms with Crippen LogP contribution in [0.5, 0.6) is 0 Å². The number of hydrogen-bond acceptors (Lipinski definition) is 6. The second-order valence-corrected chi connectivity index (χ2v) is 15.0. The van der Waals surface area contributed by atoms with Gasteiger partial charge in [0.25, 0.3) is 0 Å². The molecular weight excluding hydrogens is 745 g/mol. The third-order valence-corrected chi connectivity index (χ3v) is 9.30. The zero-order valence-corrected chi connectivity index (χ0v) is 38.2. The van der Waals surface area contributed by atoms with Crippen molar-refractivity contribution in [1.82, 2.24) is 0 Å². The van der Waals surface area contributed by atoms with Crippen LogP contribution in [0.25, 0.3) is 0 Å². The van der Waals surface area contributed by atoms with Gasteiger partial charge in [-0.2, -0.15) is 0 Å². The van der Waals surface area contributed by atoms with Crippen LogP contribution in [0.3, 0.4) is 0 Å². The molecule has 0 aliphatic rings. The number of hydrogen-bond donors (Lipinski definition) is 0. The number of allylic oxidation sites excluding steroid dienone is 20. The molecule has 336 valence electrons. The van der Waals surface area contributed by atoms with Gasteiger partial charge in [-0.1, -0.05) is 187 Å². The van der Waals surface area contributed by atoms with Crippen LogP contribution in [0.2, 0.25) is 0 Å². The minimum absolute atomic E-state index is 0.116. The van der Waals surface area contributed by atoms with E-state index in [1.807, 2.05) is 24.3 Å². The Labute approximate surface area is 367 Å². The number of esters is 3. The summed E-state index contributed by atoms with van der Waals surface area (Å²) in [7, 11) is 0. The maximum absolute atomic E-state index is 12.7. The zero-order chi connectivity index (χ0) is 43.7. The van der Waals surface area contributed by atoms with Crippen molar-refractivity contribution >= 4 is 17.9 Å². The van der Waals surface area contributed by atoms with Gasteiger partial charge >= 0.3 is 17.9 Å². The van der Waals surface area contributed by atoms with Crippen molar-refractivity contribution in [2.24, 2.45) is 0 Å². The molecule has 0 N–H and O–H groups in total. The van der Waals surface area contributed by atoms with Crippen molar-refractivity contribution < 1.29 is 28.6 Å². The van der Waals surface area contributed by atoms with Crippen molar-refractivity contribution in [3.05, 3.63) is 122 Å². The maximum Gasteiger partial charge on any atom is 0.306 e. The van der Waals surface area contributed by atoms with Gasteiger partial charge in [-0.3, -0.25) is 14.4 Å². The zero-order valence-electron chi connectivity index (χ0n) is 38.2.